The molecule has 0 saturated carbocycles. The van der Waals surface area contributed by atoms with Gasteiger partial charge in [-0.1, -0.05) is 0 Å². The number of hydrogen-bond donors (Lipinski definition) is 6. The van der Waals surface area contributed by atoms with Gasteiger partial charge in [0.15, 0.2) is 0 Å². The van der Waals surface area contributed by atoms with Crippen molar-refractivity contribution in [2.75, 3.05) is 0 Å². The highest BCUT2D eigenvalue weighted by Crippen LogP contribution is 2.23. The number of unbranched alkanes of at least 4 members (excludes halogenated alkanes) is 1. The molecule has 0 aliphatic carbocycles. The second-order valence-electron chi connectivity index (χ2n) is 8.79. The zero-order chi connectivity index (χ0) is 23.7. The topological polar surface area (TPSA) is 158 Å². The lowest BCUT2D eigenvalue weighted by Crippen LogP contribution is -2.13. The first-order valence-electron chi connectivity index (χ1n) is 11.5. The zero-order valence-corrected chi connectivity index (χ0v) is 19.2. The number of carbonyl (C=O) groups excluding carboxylic acids is 2. The van der Waals surface area contributed by atoms with Crippen molar-refractivity contribution in [1.29, 1.82) is 0 Å². The van der Waals surface area contributed by atoms with Gasteiger partial charge in [0.1, 0.15) is 0 Å². The van der Waals surface area contributed by atoms with Crippen molar-refractivity contribution in [2.24, 2.45) is 11.5 Å². The van der Waals surface area contributed by atoms with Gasteiger partial charge in [0.2, 0.25) is 11.8 Å². The summed E-state index contributed by atoms with van der Waals surface area (Å²) >= 11 is 0. The van der Waals surface area contributed by atoms with Crippen LogP contribution in [0.5, 0.6) is 0 Å². The molecular weight excluding hydrogens is 408 g/mol. The number of amides is 2. The Balaban J connectivity index is 2.00. The Morgan fingerprint density at radius 3 is 1.47 bits per heavy atom. The second kappa shape index (κ2) is 12.5. The molecule has 0 bridgehead atoms. The maximum absolute atomic E-state index is 11.3. The van der Waals surface area contributed by atoms with Crippen LogP contribution in [-0.2, 0) is 48.1 Å². The number of H-pyrrole nitrogens is 2. The van der Waals surface area contributed by atoms with Crippen LogP contribution in [0.3, 0.4) is 0 Å². The number of aryl methyl sites for hydroxylation is 2. The van der Waals surface area contributed by atoms with E-state index in [1.54, 1.807) is 13.8 Å². The van der Waals surface area contributed by atoms with Crippen molar-refractivity contribution in [2.45, 2.75) is 90.3 Å². The Hall–Kier alpha value is -2.58. The summed E-state index contributed by atoms with van der Waals surface area (Å²) in [6, 6.07) is 0. The second-order valence-corrected chi connectivity index (χ2v) is 8.79. The van der Waals surface area contributed by atoms with Crippen molar-refractivity contribution >= 4 is 11.8 Å². The minimum absolute atomic E-state index is 0.287. The average molecular weight is 447 g/mol. The maximum atomic E-state index is 11.3. The third-order valence-electron chi connectivity index (χ3n) is 5.72. The highest BCUT2D eigenvalue weighted by atomic mass is 16.3. The smallest absolute Gasteiger partial charge is 0.217 e. The fourth-order valence-electron chi connectivity index (χ4n) is 4.25. The van der Waals surface area contributed by atoms with Crippen LogP contribution in [0.1, 0.15) is 73.2 Å². The Labute approximate surface area is 189 Å². The summed E-state index contributed by atoms with van der Waals surface area (Å²) in [4.78, 5) is 29.2. The fraction of sp³-hybridized carbons (Fsp3) is 0.583. The number of nitrogens with one attached hydrogen (secondary N) is 2. The predicted octanol–water partition coefficient (Wildman–Crippen LogP) is 1.59. The normalized spacial score (nSPS) is 13.2. The molecule has 0 fully saturated rings. The molecule has 2 atom stereocenters. The maximum Gasteiger partial charge on any atom is 0.217 e. The molecule has 2 unspecified atom stereocenters. The lowest BCUT2D eigenvalue weighted by molar-refractivity contribution is -0.118. The first-order chi connectivity index (χ1) is 15.2. The third-order valence-corrected chi connectivity index (χ3v) is 5.72. The van der Waals surface area contributed by atoms with Crippen molar-refractivity contribution in [1.82, 2.24) is 9.97 Å². The molecule has 0 aromatic carbocycles. The number of aromatic amines is 2. The van der Waals surface area contributed by atoms with E-state index in [-0.39, 0.29) is 24.7 Å². The van der Waals surface area contributed by atoms with Crippen LogP contribution in [0.15, 0.2) is 12.4 Å². The predicted molar refractivity (Wildman–Crippen MR) is 124 cm³/mol. The summed E-state index contributed by atoms with van der Waals surface area (Å²) in [5.74, 6) is -0.660. The van der Waals surface area contributed by atoms with Crippen molar-refractivity contribution in [3.63, 3.8) is 0 Å². The van der Waals surface area contributed by atoms with Crippen LogP contribution < -0.4 is 11.5 Å². The van der Waals surface area contributed by atoms with Gasteiger partial charge in [-0.25, -0.2) is 0 Å². The van der Waals surface area contributed by atoms with Gasteiger partial charge in [-0.3, -0.25) is 9.59 Å². The van der Waals surface area contributed by atoms with Gasteiger partial charge in [0.05, 0.1) is 12.2 Å². The minimum Gasteiger partial charge on any atom is -0.393 e. The molecule has 8 heteroatoms. The molecule has 0 aliphatic rings. The van der Waals surface area contributed by atoms with Gasteiger partial charge in [0.25, 0.3) is 0 Å². The van der Waals surface area contributed by atoms with Crippen LogP contribution in [0, 0.1) is 0 Å². The van der Waals surface area contributed by atoms with E-state index in [1.165, 1.54) is 0 Å². The molecule has 2 rings (SSSR count). The number of aliphatic hydroxyl groups excluding tert-OH is 2. The summed E-state index contributed by atoms with van der Waals surface area (Å²) < 4.78 is 0. The molecule has 8 nitrogen and oxygen atoms in total. The first kappa shape index (κ1) is 25.7. The summed E-state index contributed by atoms with van der Waals surface area (Å²) in [5, 5.41) is 19.5. The number of hydrogen-bond acceptors (Lipinski definition) is 4. The highest BCUT2D eigenvalue weighted by molar-refractivity contribution is 5.74. The number of primary amides is 2. The SMILES string of the molecule is CC(O)Cc1c[nH]c(CCCCc2[nH]cc(CC(C)O)c2CCC(N)=O)c1CCC(N)=O. The van der Waals surface area contributed by atoms with Crippen LogP contribution in [0.25, 0.3) is 0 Å². The average Bonchev–Trinajstić information content (AvgIpc) is 3.24. The summed E-state index contributed by atoms with van der Waals surface area (Å²) in [6.07, 6.45) is 9.33. The van der Waals surface area contributed by atoms with Crippen molar-refractivity contribution < 1.29 is 19.8 Å². The van der Waals surface area contributed by atoms with Gasteiger partial charge in [-0.2, -0.15) is 0 Å². The standard InChI is InChI=1S/C24H38N4O4/c1-15(29)11-17-13-27-21(19(17)7-9-23(25)31)5-3-4-6-22-20(8-10-24(26)32)18(14-28-22)12-16(2)30/h13-16,27-30H,3-12H2,1-2H3,(H2,25,31)(H2,26,32). The molecule has 0 saturated heterocycles. The van der Waals surface area contributed by atoms with E-state index < -0.39 is 12.2 Å². The monoisotopic (exact) mass is 446 g/mol. The number of rotatable bonds is 15. The summed E-state index contributed by atoms with van der Waals surface area (Å²) in [7, 11) is 0. The summed E-state index contributed by atoms with van der Waals surface area (Å²) in [6.45, 7) is 3.50. The molecule has 8 N–H and O–H groups in total. The van der Waals surface area contributed by atoms with Crippen LogP contribution in [0.4, 0.5) is 0 Å². The van der Waals surface area contributed by atoms with Crippen LogP contribution >= 0.6 is 0 Å². The van der Waals surface area contributed by atoms with Gasteiger partial charge < -0.3 is 31.6 Å². The molecular formula is C24H38N4O4. The van der Waals surface area contributed by atoms with E-state index in [4.69, 9.17) is 11.5 Å². The number of carbonyl (C=O) groups is 2. The molecule has 178 valence electrons. The highest BCUT2D eigenvalue weighted by Gasteiger charge is 2.16. The first-order valence-corrected chi connectivity index (χ1v) is 11.5. The van der Waals surface area contributed by atoms with E-state index in [2.05, 4.69) is 9.97 Å². The molecule has 2 aromatic heterocycles. The number of nitrogens with two attached hydrogens (primary N) is 2. The molecule has 2 amide bonds. The van der Waals surface area contributed by atoms with E-state index in [0.717, 1.165) is 59.3 Å². The van der Waals surface area contributed by atoms with E-state index >= 15 is 0 Å². The zero-order valence-electron chi connectivity index (χ0n) is 19.2. The minimum atomic E-state index is -0.450. The molecule has 2 heterocycles. The van der Waals surface area contributed by atoms with E-state index in [1.807, 2.05) is 12.4 Å². The van der Waals surface area contributed by atoms with E-state index in [9.17, 15) is 19.8 Å². The molecule has 0 radical (unpaired) electrons. The Morgan fingerprint density at radius 1 is 0.781 bits per heavy atom. The number of aromatic nitrogens is 2. The van der Waals surface area contributed by atoms with Crippen LogP contribution in [0.2, 0.25) is 0 Å². The Bertz CT molecular complexity index is 810. The summed E-state index contributed by atoms with van der Waals surface area (Å²) in [5.41, 5.74) is 17.1. The van der Waals surface area contributed by atoms with Crippen molar-refractivity contribution in [3.8, 4) is 0 Å². The van der Waals surface area contributed by atoms with E-state index in [0.29, 0.717) is 25.7 Å². The molecule has 0 spiro atoms. The Kier molecular flexibility index (Phi) is 9.99. The largest absolute Gasteiger partial charge is 0.393 e. The van der Waals surface area contributed by atoms with Gasteiger partial charge in [-0.15, -0.1) is 0 Å². The molecule has 2 aromatic rings. The quantitative estimate of drug-likeness (QED) is 0.230. The fourth-order valence-corrected chi connectivity index (χ4v) is 4.25. The van der Waals surface area contributed by atoms with Gasteiger partial charge in [-0.05, 0) is 87.5 Å². The lowest BCUT2D eigenvalue weighted by Gasteiger charge is -2.10. The lowest BCUT2D eigenvalue weighted by atomic mass is 9.97. The number of aliphatic hydroxyl groups is 2. The van der Waals surface area contributed by atoms with Gasteiger partial charge in [0, 0.05) is 36.6 Å². The molecule has 0 aliphatic heterocycles. The van der Waals surface area contributed by atoms with Gasteiger partial charge >= 0.3 is 0 Å². The van der Waals surface area contributed by atoms with Crippen molar-refractivity contribution in [3.05, 3.63) is 46.0 Å². The van der Waals surface area contributed by atoms with Crippen LogP contribution in [-0.4, -0.2) is 44.2 Å². The third kappa shape index (κ3) is 8.16. The Morgan fingerprint density at radius 2 is 1.16 bits per heavy atom. The molecule has 32 heavy (non-hydrogen) atoms.